The summed E-state index contributed by atoms with van der Waals surface area (Å²) in [6.45, 7) is 6.09. The molecule has 1 saturated carbocycles. The smallest absolute Gasteiger partial charge is 0.238 e. The largest absolute Gasteiger partial charge is 0.377 e. The minimum atomic E-state index is -0.477. The van der Waals surface area contributed by atoms with E-state index in [2.05, 4.69) is 17.1 Å². The Labute approximate surface area is 128 Å². The molecule has 0 bridgehead atoms. The average molecular weight is 297 g/mol. The number of hydrogen-bond acceptors (Lipinski definition) is 4. The first-order valence-electron chi connectivity index (χ1n) is 8.45. The number of amides is 1. The summed E-state index contributed by atoms with van der Waals surface area (Å²) < 4.78 is 5.76. The van der Waals surface area contributed by atoms with E-state index in [9.17, 15) is 4.79 Å². The molecule has 2 aliphatic rings. The van der Waals surface area contributed by atoms with Gasteiger partial charge in [-0.2, -0.15) is 0 Å². The summed E-state index contributed by atoms with van der Waals surface area (Å²) in [6.07, 6.45) is 6.89. The van der Waals surface area contributed by atoms with Crippen molar-refractivity contribution in [3.05, 3.63) is 0 Å². The highest BCUT2D eigenvalue weighted by Crippen LogP contribution is 2.37. The van der Waals surface area contributed by atoms with Crippen molar-refractivity contribution >= 4 is 5.91 Å². The molecule has 21 heavy (non-hydrogen) atoms. The van der Waals surface area contributed by atoms with Crippen LogP contribution < -0.4 is 11.1 Å². The van der Waals surface area contributed by atoms with Crippen molar-refractivity contribution in [3.8, 4) is 0 Å². The van der Waals surface area contributed by atoms with Gasteiger partial charge in [-0.3, -0.25) is 4.79 Å². The molecule has 3 unspecified atom stereocenters. The van der Waals surface area contributed by atoms with E-state index < -0.39 is 5.54 Å². The van der Waals surface area contributed by atoms with Crippen LogP contribution in [-0.2, 0) is 9.53 Å². The van der Waals surface area contributed by atoms with E-state index >= 15 is 0 Å². The molecule has 1 heterocycles. The van der Waals surface area contributed by atoms with Crippen molar-refractivity contribution in [2.24, 2.45) is 11.7 Å². The fourth-order valence-electron chi connectivity index (χ4n) is 4.17. The second-order valence-corrected chi connectivity index (χ2v) is 6.48. The minimum absolute atomic E-state index is 0.182. The number of rotatable bonds is 7. The Kier molecular flexibility index (Phi) is 6.02. The lowest BCUT2D eigenvalue weighted by atomic mass is 9.84. The third kappa shape index (κ3) is 3.76. The zero-order valence-corrected chi connectivity index (χ0v) is 13.6. The van der Waals surface area contributed by atoms with E-state index in [1.165, 1.54) is 12.8 Å². The van der Waals surface area contributed by atoms with E-state index in [1.54, 1.807) is 0 Å². The van der Waals surface area contributed by atoms with E-state index in [0.29, 0.717) is 12.0 Å². The lowest BCUT2D eigenvalue weighted by molar-refractivity contribution is -0.125. The number of nitrogens with two attached hydrogens (primary N) is 1. The van der Waals surface area contributed by atoms with Gasteiger partial charge in [0.05, 0.1) is 6.10 Å². The summed E-state index contributed by atoms with van der Waals surface area (Å²) in [7, 11) is 1.87. The minimum Gasteiger partial charge on any atom is -0.377 e. The van der Waals surface area contributed by atoms with Gasteiger partial charge in [-0.25, -0.2) is 0 Å². The standard InChI is InChI=1S/C16H31N3O2/c1-3-21-14-7-5-10-19(12-14)11-8-13-6-4-9-16(13,18-2)15(17)20/h13-14,18H,3-12H2,1-2H3,(H2,17,20). The highest BCUT2D eigenvalue weighted by Gasteiger charge is 2.46. The second kappa shape index (κ2) is 7.56. The summed E-state index contributed by atoms with van der Waals surface area (Å²) >= 11 is 0. The number of carbonyl (C=O) groups excluding carboxylic acids is 1. The number of ether oxygens (including phenoxy) is 1. The molecule has 5 nitrogen and oxygen atoms in total. The van der Waals surface area contributed by atoms with Crippen LogP contribution in [0.3, 0.4) is 0 Å². The zero-order valence-electron chi connectivity index (χ0n) is 13.6. The topological polar surface area (TPSA) is 67.6 Å². The maximum atomic E-state index is 11.9. The summed E-state index contributed by atoms with van der Waals surface area (Å²) in [5.41, 5.74) is 5.19. The fraction of sp³-hybridized carbons (Fsp3) is 0.938. The Bertz CT molecular complexity index is 348. The normalized spacial score (nSPS) is 34.2. The quantitative estimate of drug-likeness (QED) is 0.739. The van der Waals surface area contributed by atoms with Crippen molar-refractivity contribution in [3.63, 3.8) is 0 Å². The molecule has 0 aromatic heterocycles. The number of likely N-dealkylation sites (tertiary alicyclic amines) is 1. The van der Waals surface area contributed by atoms with Crippen molar-refractivity contribution in [1.82, 2.24) is 10.2 Å². The second-order valence-electron chi connectivity index (χ2n) is 6.48. The molecule has 1 aliphatic carbocycles. The van der Waals surface area contributed by atoms with Gasteiger partial charge < -0.3 is 20.7 Å². The van der Waals surface area contributed by atoms with Crippen LogP contribution in [0.4, 0.5) is 0 Å². The molecule has 0 spiro atoms. The molecular formula is C16H31N3O2. The molecule has 2 rings (SSSR count). The van der Waals surface area contributed by atoms with Gasteiger partial charge in [-0.15, -0.1) is 0 Å². The predicted octanol–water partition coefficient (Wildman–Crippen LogP) is 1.12. The van der Waals surface area contributed by atoms with Gasteiger partial charge in [0.25, 0.3) is 0 Å². The highest BCUT2D eigenvalue weighted by atomic mass is 16.5. The number of nitrogens with zero attached hydrogens (tertiary/aromatic N) is 1. The number of carbonyl (C=O) groups is 1. The molecule has 2 fully saturated rings. The van der Waals surface area contributed by atoms with Gasteiger partial charge in [0, 0.05) is 13.2 Å². The highest BCUT2D eigenvalue weighted by molar-refractivity contribution is 5.85. The summed E-state index contributed by atoms with van der Waals surface area (Å²) in [5, 5.41) is 3.23. The molecule has 3 atom stereocenters. The summed E-state index contributed by atoms with van der Waals surface area (Å²) in [4.78, 5) is 14.4. The van der Waals surface area contributed by atoms with E-state index in [4.69, 9.17) is 10.5 Å². The molecule has 1 amide bonds. The molecule has 0 radical (unpaired) electrons. The molecule has 3 N–H and O–H groups in total. The summed E-state index contributed by atoms with van der Waals surface area (Å²) in [6, 6.07) is 0. The fourth-order valence-corrected chi connectivity index (χ4v) is 4.17. The molecule has 0 aromatic rings. The maximum Gasteiger partial charge on any atom is 0.238 e. The van der Waals surface area contributed by atoms with Crippen molar-refractivity contribution in [1.29, 1.82) is 0 Å². The van der Waals surface area contributed by atoms with Crippen LogP contribution in [0.5, 0.6) is 0 Å². The van der Waals surface area contributed by atoms with E-state index in [-0.39, 0.29) is 5.91 Å². The molecule has 122 valence electrons. The van der Waals surface area contributed by atoms with Crippen LogP contribution in [0, 0.1) is 5.92 Å². The van der Waals surface area contributed by atoms with Gasteiger partial charge in [0.2, 0.25) is 5.91 Å². The first-order valence-corrected chi connectivity index (χ1v) is 8.45. The van der Waals surface area contributed by atoms with Crippen LogP contribution in [0.15, 0.2) is 0 Å². The van der Waals surface area contributed by atoms with Gasteiger partial charge in [-0.05, 0) is 65.1 Å². The number of likely N-dealkylation sites (N-methyl/N-ethyl adjacent to an activating group) is 1. The number of piperidine rings is 1. The third-order valence-electron chi connectivity index (χ3n) is 5.36. The third-order valence-corrected chi connectivity index (χ3v) is 5.36. The first-order chi connectivity index (χ1) is 10.1. The lowest BCUT2D eigenvalue weighted by Gasteiger charge is -2.36. The molecule has 5 heteroatoms. The number of nitrogens with one attached hydrogen (secondary N) is 1. The van der Waals surface area contributed by atoms with Crippen LogP contribution >= 0.6 is 0 Å². The number of primary amides is 1. The van der Waals surface area contributed by atoms with Crippen molar-refractivity contribution in [2.75, 3.05) is 33.3 Å². The van der Waals surface area contributed by atoms with Gasteiger partial charge in [0.15, 0.2) is 0 Å². The van der Waals surface area contributed by atoms with Crippen molar-refractivity contribution in [2.45, 2.75) is 57.1 Å². The van der Waals surface area contributed by atoms with Crippen LogP contribution in [-0.4, -0.2) is 55.7 Å². The molecule has 1 aliphatic heterocycles. The monoisotopic (exact) mass is 297 g/mol. The zero-order chi connectivity index (χ0) is 15.3. The maximum absolute atomic E-state index is 11.9. The van der Waals surface area contributed by atoms with Crippen LogP contribution in [0.25, 0.3) is 0 Å². The number of hydrogen-bond donors (Lipinski definition) is 2. The van der Waals surface area contributed by atoms with Gasteiger partial charge in [0.1, 0.15) is 5.54 Å². The Morgan fingerprint density at radius 3 is 2.90 bits per heavy atom. The Hall–Kier alpha value is -0.650. The summed E-state index contributed by atoms with van der Waals surface area (Å²) in [5.74, 6) is 0.186. The van der Waals surface area contributed by atoms with Crippen LogP contribution in [0.2, 0.25) is 0 Å². The molecule has 1 saturated heterocycles. The molecular weight excluding hydrogens is 266 g/mol. The SMILES string of the molecule is CCOC1CCCN(CCC2CCCC2(NC)C(N)=O)C1. The van der Waals surface area contributed by atoms with Crippen LogP contribution in [0.1, 0.15) is 45.4 Å². The Morgan fingerprint density at radius 1 is 1.43 bits per heavy atom. The Morgan fingerprint density at radius 2 is 2.24 bits per heavy atom. The van der Waals surface area contributed by atoms with E-state index in [0.717, 1.165) is 51.9 Å². The average Bonchev–Trinajstić information content (AvgIpc) is 2.90. The van der Waals surface area contributed by atoms with Crippen molar-refractivity contribution < 1.29 is 9.53 Å². The van der Waals surface area contributed by atoms with Gasteiger partial charge in [-0.1, -0.05) is 6.42 Å². The predicted molar refractivity (Wildman–Crippen MR) is 84.0 cm³/mol. The van der Waals surface area contributed by atoms with Gasteiger partial charge >= 0.3 is 0 Å². The lowest BCUT2D eigenvalue weighted by Crippen LogP contribution is -2.57. The molecule has 0 aromatic carbocycles. The Balaban J connectivity index is 1.85. The van der Waals surface area contributed by atoms with E-state index in [1.807, 2.05) is 7.05 Å². The first kappa shape index (κ1) is 16.7.